The van der Waals surface area contributed by atoms with Crippen LogP contribution in [0.25, 0.3) is 0 Å². The lowest BCUT2D eigenvalue weighted by molar-refractivity contribution is -0.383. The summed E-state index contributed by atoms with van der Waals surface area (Å²) in [5.74, 6) is 0. The molecule has 1 aromatic rings. The van der Waals surface area contributed by atoms with Crippen LogP contribution in [0, 0.1) is 10.1 Å². The van der Waals surface area contributed by atoms with Gasteiger partial charge in [-0.15, -0.1) is 0 Å². The minimum Gasteiger partial charge on any atom is -0.395 e. The second-order valence-corrected chi connectivity index (χ2v) is 5.39. The Morgan fingerprint density at radius 3 is 2.67 bits per heavy atom. The van der Waals surface area contributed by atoms with E-state index in [-0.39, 0.29) is 23.3 Å². The Kier molecular flexibility index (Phi) is 5.38. The van der Waals surface area contributed by atoms with Crippen molar-refractivity contribution in [3.8, 4) is 0 Å². The Hall–Kier alpha value is -1.82. The Labute approximate surface area is 124 Å². The molecular formula is C15H23N3O3. The topological polar surface area (TPSA) is 78.6 Å². The zero-order valence-corrected chi connectivity index (χ0v) is 12.4. The third kappa shape index (κ3) is 3.44. The first-order valence-corrected chi connectivity index (χ1v) is 7.51. The Balaban J connectivity index is 2.41. The molecule has 2 N–H and O–H groups in total. The lowest BCUT2D eigenvalue weighted by Crippen LogP contribution is -2.39. The number of hydrogen-bond acceptors (Lipinski definition) is 5. The molecular weight excluding hydrogens is 270 g/mol. The van der Waals surface area contributed by atoms with Gasteiger partial charge in [0.15, 0.2) is 0 Å². The van der Waals surface area contributed by atoms with Crippen LogP contribution < -0.4 is 10.2 Å². The SMILES string of the molecule is CNc1cccc(N(CCO)C2CCCCC2)c1[N+](=O)[O-]. The highest BCUT2D eigenvalue weighted by atomic mass is 16.6. The average Bonchev–Trinajstić information content (AvgIpc) is 2.52. The van der Waals surface area contributed by atoms with Gasteiger partial charge in [0, 0.05) is 19.6 Å². The summed E-state index contributed by atoms with van der Waals surface area (Å²) in [4.78, 5) is 13.1. The van der Waals surface area contributed by atoms with Gasteiger partial charge in [-0.25, -0.2) is 0 Å². The Morgan fingerprint density at radius 1 is 1.38 bits per heavy atom. The number of nitro benzene ring substituents is 1. The molecule has 0 unspecified atom stereocenters. The molecule has 0 saturated heterocycles. The minimum absolute atomic E-state index is 0.00254. The first kappa shape index (κ1) is 15.6. The van der Waals surface area contributed by atoms with Gasteiger partial charge in [-0.3, -0.25) is 10.1 Å². The van der Waals surface area contributed by atoms with Crippen LogP contribution in [0.15, 0.2) is 18.2 Å². The maximum atomic E-state index is 11.5. The lowest BCUT2D eigenvalue weighted by Gasteiger charge is -2.35. The van der Waals surface area contributed by atoms with Crippen molar-refractivity contribution in [2.75, 3.05) is 30.4 Å². The van der Waals surface area contributed by atoms with E-state index >= 15 is 0 Å². The zero-order chi connectivity index (χ0) is 15.2. The highest BCUT2D eigenvalue weighted by Crippen LogP contribution is 2.38. The number of anilines is 2. The van der Waals surface area contributed by atoms with Gasteiger partial charge in [0.25, 0.3) is 0 Å². The molecule has 0 heterocycles. The maximum absolute atomic E-state index is 11.5. The molecule has 0 aliphatic heterocycles. The molecule has 0 amide bonds. The van der Waals surface area contributed by atoms with E-state index in [1.54, 1.807) is 19.2 Å². The number of para-hydroxylation sites is 1. The van der Waals surface area contributed by atoms with Crippen molar-refractivity contribution in [3.05, 3.63) is 28.3 Å². The predicted molar refractivity (Wildman–Crippen MR) is 83.9 cm³/mol. The van der Waals surface area contributed by atoms with Crippen molar-refractivity contribution in [2.45, 2.75) is 38.1 Å². The van der Waals surface area contributed by atoms with Gasteiger partial charge >= 0.3 is 5.69 Å². The Bertz CT molecular complexity index is 487. The van der Waals surface area contributed by atoms with Gasteiger partial charge in [-0.2, -0.15) is 0 Å². The molecule has 1 aliphatic rings. The number of aliphatic hydroxyl groups excluding tert-OH is 1. The number of nitro groups is 1. The summed E-state index contributed by atoms with van der Waals surface area (Å²) >= 11 is 0. The monoisotopic (exact) mass is 293 g/mol. The largest absolute Gasteiger partial charge is 0.395 e. The maximum Gasteiger partial charge on any atom is 0.315 e. The van der Waals surface area contributed by atoms with Crippen molar-refractivity contribution in [2.24, 2.45) is 0 Å². The average molecular weight is 293 g/mol. The van der Waals surface area contributed by atoms with Gasteiger partial charge in [0.05, 0.1) is 11.5 Å². The van der Waals surface area contributed by atoms with Crippen LogP contribution in [-0.2, 0) is 0 Å². The zero-order valence-electron chi connectivity index (χ0n) is 12.4. The molecule has 0 radical (unpaired) electrons. The fraction of sp³-hybridized carbons (Fsp3) is 0.600. The summed E-state index contributed by atoms with van der Waals surface area (Å²) in [7, 11) is 1.68. The second kappa shape index (κ2) is 7.26. The molecule has 0 aromatic heterocycles. The van der Waals surface area contributed by atoms with Gasteiger partial charge < -0.3 is 15.3 Å². The minimum atomic E-state index is -0.339. The van der Waals surface area contributed by atoms with E-state index in [1.807, 2.05) is 11.0 Å². The van der Waals surface area contributed by atoms with Gasteiger partial charge in [0.1, 0.15) is 11.4 Å². The van der Waals surface area contributed by atoms with Crippen LogP contribution in [0.1, 0.15) is 32.1 Å². The van der Waals surface area contributed by atoms with E-state index in [9.17, 15) is 15.2 Å². The first-order valence-electron chi connectivity index (χ1n) is 7.51. The quantitative estimate of drug-likeness (QED) is 0.623. The first-order chi connectivity index (χ1) is 10.2. The third-order valence-electron chi connectivity index (χ3n) is 4.13. The van der Waals surface area contributed by atoms with Gasteiger partial charge in [0.2, 0.25) is 0 Å². The molecule has 0 bridgehead atoms. The van der Waals surface area contributed by atoms with Crippen LogP contribution >= 0.6 is 0 Å². The van der Waals surface area contributed by atoms with Crippen molar-refractivity contribution in [3.63, 3.8) is 0 Å². The van der Waals surface area contributed by atoms with Crippen molar-refractivity contribution in [1.29, 1.82) is 0 Å². The lowest BCUT2D eigenvalue weighted by atomic mass is 9.93. The van der Waals surface area contributed by atoms with Crippen LogP contribution in [0.2, 0.25) is 0 Å². The standard InChI is InChI=1S/C15H23N3O3/c1-16-13-8-5-9-14(15(13)18(20)21)17(10-11-19)12-6-3-2-4-7-12/h5,8-9,12,16,19H,2-4,6-7,10-11H2,1H3. The number of rotatable bonds is 6. The van der Waals surface area contributed by atoms with Crippen LogP contribution in [0.5, 0.6) is 0 Å². The summed E-state index contributed by atoms with van der Waals surface area (Å²) in [6, 6.07) is 5.58. The third-order valence-corrected chi connectivity index (χ3v) is 4.13. The molecule has 21 heavy (non-hydrogen) atoms. The van der Waals surface area contributed by atoms with E-state index in [1.165, 1.54) is 6.42 Å². The molecule has 0 spiro atoms. The van der Waals surface area contributed by atoms with E-state index in [2.05, 4.69) is 5.32 Å². The van der Waals surface area contributed by atoms with Crippen LogP contribution in [-0.4, -0.2) is 36.3 Å². The van der Waals surface area contributed by atoms with Gasteiger partial charge in [-0.1, -0.05) is 25.3 Å². The van der Waals surface area contributed by atoms with Crippen LogP contribution in [0.4, 0.5) is 17.1 Å². The summed E-state index contributed by atoms with van der Waals surface area (Å²) < 4.78 is 0. The Morgan fingerprint density at radius 2 is 2.10 bits per heavy atom. The summed E-state index contributed by atoms with van der Waals surface area (Å²) in [6.45, 7) is 0.427. The van der Waals surface area contributed by atoms with Crippen molar-refractivity contribution < 1.29 is 10.0 Å². The fourth-order valence-electron chi connectivity index (χ4n) is 3.16. The highest BCUT2D eigenvalue weighted by Gasteiger charge is 2.28. The normalized spacial score (nSPS) is 15.7. The molecule has 1 aliphatic carbocycles. The van der Waals surface area contributed by atoms with E-state index < -0.39 is 0 Å². The number of hydrogen-bond donors (Lipinski definition) is 2. The molecule has 1 saturated carbocycles. The van der Waals surface area contributed by atoms with E-state index in [0.29, 0.717) is 17.9 Å². The smallest absolute Gasteiger partial charge is 0.315 e. The second-order valence-electron chi connectivity index (χ2n) is 5.39. The highest BCUT2D eigenvalue weighted by molar-refractivity contribution is 5.77. The predicted octanol–water partition coefficient (Wildman–Crippen LogP) is 2.77. The fourth-order valence-corrected chi connectivity index (χ4v) is 3.16. The summed E-state index contributed by atoms with van der Waals surface area (Å²) in [6.07, 6.45) is 5.57. The van der Waals surface area contributed by atoms with E-state index in [0.717, 1.165) is 25.7 Å². The molecule has 1 fully saturated rings. The molecule has 116 valence electrons. The molecule has 2 rings (SSSR count). The van der Waals surface area contributed by atoms with E-state index in [4.69, 9.17) is 0 Å². The number of benzene rings is 1. The number of aliphatic hydroxyl groups is 1. The van der Waals surface area contributed by atoms with Crippen molar-refractivity contribution in [1.82, 2.24) is 0 Å². The molecule has 6 heteroatoms. The van der Waals surface area contributed by atoms with Crippen molar-refractivity contribution >= 4 is 17.1 Å². The molecule has 6 nitrogen and oxygen atoms in total. The summed E-state index contributed by atoms with van der Waals surface area (Å²) in [5.41, 5.74) is 1.21. The molecule has 0 atom stereocenters. The van der Waals surface area contributed by atoms with Gasteiger partial charge in [-0.05, 0) is 25.0 Å². The number of nitrogens with zero attached hydrogens (tertiary/aromatic N) is 2. The summed E-state index contributed by atoms with van der Waals surface area (Å²) in [5, 5.41) is 23.7. The molecule has 1 aromatic carbocycles. The van der Waals surface area contributed by atoms with Crippen LogP contribution in [0.3, 0.4) is 0 Å². The number of nitrogens with one attached hydrogen (secondary N) is 1.